The number of rotatable bonds is 8. The molecule has 0 radical (unpaired) electrons. The molecule has 0 aliphatic carbocycles. The number of halogens is 1. The number of carbonyl (C=O) groups is 3. The second-order valence-electron chi connectivity index (χ2n) is 6.94. The van der Waals surface area contributed by atoms with Crippen LogP contribution < -0.4 is 0 Å². The van der Waals surface area contributed by atoms with Gasteiger partial charge in [0.2, 0.25) is 5.91 Å². The van der Waals surface area contributed by atoms with E-state index in [1.807, 2.05) is 0 Å². The quantitative estimate of drug-likeness (QED) is 0.473. The standard InChI is InChI=1S/C22H25FN2O4S/c1-15(21(27)25(4)13-16-8-7-9-17(23)12-16)29-22(28)18-10-5-6-11-19(18)30-14-20(26)24(2)3/h5-12,15H,13-14H2,1-4H3. The summed E-state index contributed by atoms with van der Waals surface area (Å²) in [5.41, 5.74) is 0.929. The first-order chi connectivity index (χ1) is 14.2. The Hall–Kier alpha value is -2.87. The number of thioether (sulfide) groups is 1. The lowest BCUT2D eigenvalue weighted by Crippen LogP contribution is -2.37. The maximum Gasteiger partial charge on any atom is 0.340 e. The molecule has 2 amide bonds. The molecule has 0 N–H and O–H groups in total. The zero-order valence-corrected chi connectivity index (χ0v) is 18.2. The van der Waals surface area contributed by atoms with Crippen LogP contribution in [-0.4, -0.2) is 60.6 Å². The number of carbonyl (C=O) groups excluding carboxylic acids is 3. The van der Waals surface area contributed by atoms with E-state index in [0.29, 0.717) is 16.0 Å². The van der Waals surface area contributed by atoms with E-state index in [1.54, 1.807) is 57.5 Å². The van der Waals surface area contributed by atoms with Gasteiger partial charge in [-0.25, -0.2) is 9.18 Å². The number of hydrogen-bond acceptors (Lipinski definition) is 5. The van der Waals surface area contributed by atoms with Crippen molar-refractivity contribution >= 4 is 29.5 Å². The molecular weight excluding hydrogens is 407 g/mol. The monoisotopic (exact) mass is 432 g/mol. The van der Waals surface area contributed by atoms with Gasteiger partial charge in [0.1, 0.15) is 5.82 Å². The zero-order valence-electron chi connectivity index (χ0n) is 17.4. The Morgan fingerprint density at radius 1 is 1.07 bits per heavy atom. The molecule has 2 aromatic rings. The highest BCUT2D eigenvalue weighted by molar-refractivity contribution is 8.00. The average Bonchev–Trinajstić information content (AvgIpc) is 2.71. The van der Waals surface area contributed by atoms with Gasteiger partial charge in [0.15, 0.2) is 6.10 Å². The number of likely N-dealkylation sites (N-methyl/N-ethyl adjacent to an activating group) is 1. The van der Waals surface area contributed by atoms with Crippen LogP contribution in [-0.2, 0) is 20.9 Å². The van der Waals surface area contributed by atoms with Crippen LogP contribution in [0.4, 0.5) is 4.39 Å². The lowest BCUT2D eigenvalue weighted by molar-refractivity contribution is -0.139. The second kappa shape index (κ2) is 10.8. The van der Waals surface area contributed by atoms with E-state index in [1.165, 1.54) is 40.6 Å². The van der Waals surface area contributed by atoms with E-state index in [0.717, 1.165) is 0 Å². The largest absolute Gasteiger partial charge is 0.449 e. The van der Waals surface area contributed by atoms with Crippen molar-refractivity contribution in [3.8, 4) is 0 Å². The molecule has 0 aliphatic rings. The van der Waals surface area contributed by atoms with Crippen molar-refractivity contribution in [2.75, 3.05) is 26.9 Å². The highest BCUT2D eigenvalue weighted by Gasteiger charge is 2.24. The van der Waals surface area contributed by atoms with E-state index in [4.69, 9.17) is 4.74 Å². The fourth-order valence-electron chi connectivity index (χ4n) is 2.60. The Kier molecular flexibility index (Phi) is 8.41. The van der Waals surface area contributed by atoms with Crippen molar-refractivity contribution in [2.24, 2.45) is 0 Å². The summed E-state index contributed by atoms with van der Waals surface area (Å²) in [6.45, 7) is 1.69. The topological polar surface area (TPSA) is 66.9 Å². The van der Waals surface area contributed by atoms with Crippen molar-refractivity contribution in [1.29, 1.82) is 0 Å². The number of amides is 2. The number of esters is 1. The van der Waals surface area contributed by atoms with Gasteiger partial charge in [-0.1, -0.05) is 24.3 Å². The number of ether oxygens (including phenoxy) is 1. The summed E-state index contributed by atoms with van der Waals surface area (Å²) in [6.07, 6.45) is -1.02. The molecule has 2 rings (SSSR count). The first kappa shape index (κ1) is 23.4. The van der Waals surface area contributed by atoms with Crippen LogP contribution in [0.1, 0.15) is 22.8 Å². The molecule has 160 valence electrons. The number of nitrogens with zero attached hydrogens (tertiary/aromatic N) is 2. The Morgan fingerprint density at radius 3 is 2.43 bits per heavy atom. The first-order valence-corrected chi connectivity index (χ1v) is 10.3. The van der Waals surface area contributed by atoms with Crippen LogP contribution in [0, 0.1) is 5.82 Å². The maximum absolute atomic E-state index is 13.3. The van der Waals surface area contributed by atoms with Crippen molar-refractivity contribution < 1.29 is 23.5 Å². The van der Waals surface area contributed by atoms with Gasteiger partial charge in [0.05, 0.1) is 11.3 Å². The van der Waals surface area contributed by atoms with Gasteiger partial charge in [-0.15, -0.1) is 11.8 Å². The van der Waals surface area contributed by atoms with Gasteiger partial charge >= 0.3 is 5.97 Å². The summed E-state index contributed by atoms with van der Waals surface area (Å²) in [5, 5.41) is 0. The molecule has 1 atom stereocenters. The van der Waals surface area contributed by atoms with Crippen molar-refractivity contribution in [1.82, 2.24) is 9.80 Å². The smallest absolute Gasteiger partial charge is 0.340 e. The van der Waals surface area contributed by atoms with Crippen LogP contribution in [0.15, 0.2) is 53.4 Å². The van der Waals surface area contributed by atoms with E-state index in [2.05, 4.69) is 0 Å². The number of benzene rings is 2. The molecule has 1 unspecified atom stereocenters. The summed E-state index contributed by atoms with van der Waals surface area (Å²) in [6, 6.07) is 12.7. The Balaban J connectivity index is 2.01. The molecule has 0 aromatic heterocycles. The normalized spacial score (nSPS) is 11.5. The molecule has 8 heteroatoms. The lowest BCUT2D eigenvalue weighted by atomic mass is 10.2. The predicted octanol–water partition coefficient (Wildman–Crippen LogP) is 3.21. The van der Waals surface area contributed by atoms with Crippen LogP contribution in [0.25, 0.3) is 0 Å². The second-order valence-corrected chi connectivity index (χ2v) is 7.96. The molecule has 0 aliphatic heterocycles. The van der Waals surface area contributed by atoms with Crippen LogP contribution in [0.3, 0.4) is 0 Å². The van der Waals surface area contributed by atoms with Gasteiger partial charge in [-0.05, 0) is 36.8 Å². The van der Waals surface area contributed by atoms with Crippen molar-refractivity contribution in [3.63, 3.8) is 0 Å². The minimum Gasteiger partial charge on any atom is -0.449 e. The molecular formula is C22H25FN2O4S. The van der Waals surface area contributed by atoms with E-state index in [9.17, 15) is 18.8 Å². The predicted molar refractivity (Wildman–Crippen MR) is 114 cm³/mol. The van der Waals surface area contributed by atoms with Gasteiger partial charge < -0.3 is 14.5 Å². The van der Waals surface area contributed by atoms with Gasteiger partial charge in [0, 0.05) is 32.6 Å². The van der Waals surface area contributed by atoms with Gasteiger partial charge in [-0.3, -0.25) is 9.59 Å². The zero-order chi connectivity index (χ0) is 22.3. The lowest BCUT2D eigenvalue weighted by Gasteiger charge is -2.22. The Bertz CT molecular complexity index is 920. The molecule has 30 heavy (non-hydrogen) atoms. The summed E-state index contributed by atoms with van der Waals surface area (Å²) >= 11 is 1.23. The van der Waals surface area contributed by atoms with E-state index < -0.39 is 18.0 Å². The molecule has 0 bridgehead atoms. The fourth-order valence-corrected chi connectivity index (χ4v) is 3.62. The molecule has 6 nitrogen and oxygen atoms in total. The third-order valence-electron chi connectivity index (χ3n) is 4.27. The van der Waals surface area contributed by atoms with E-state index in [-0.39, 0.29) is 24.0 Å². The highest BCUT2D eigenvalue weighted by Crippen LogP contribution is 2.24. The molecule has 0 fully saturated rings. The molecule has 0 saturated heterocycles. The Morgan fingerprint density at radius 2 is 1.77 bits per heavy atom. The summed E-state index contributed by atoms with van der Waals surface area (Å²) in [5.74, 6) is -1.32. The van der Waals surface area contributed by atoms with Gasteiger partial charge in [0.25, 0.3) is 5.91 Å². The first-order valence-electron chi connectivity index (χ1n) is 9.31. The van der Waals surface area contributed by atoms with E-state index >= 15 is 0 Å². The van der Waals surface area contributed by atoms with Crippen LogP contribution in [0.2, 0.25) is 0 Å². The summed E-state index contributed by atoms with van der Waals surface area (Å²) in [4.78, 5) is 40.5. The van der Waals surface area contributed by atoms with Crippen molar-refractivity contribution in [2.45, 2.75) is 24.5 Å². The summed E-state index contributed by atoms with van der Waals surface area (Å²) in [7, 11) is 4.89. The Labute approximate surface area is 180 Å². The van der Waals surface area contributed by atoms with Crippen molar-refractivity contribution in [3.05, 3.63) is 65.5 Å². The average molecular weight is 433 g/mol. The molecule has 2 aromatic carbocycles. The fraction of sp³-hybridized carbons (Fsp3) is 0.318. The maximum atomic E-state index is 13.3. The third kappa shape index (κ3) is 6.59. The highest BCUT2D eigenvalue weighted by atomic mass is 32.2. The summed E-state index contributed by atoms with van der Waals surface area (Å²) < 4.78 is 18.7. The minimum atomic E-state index is -1.02. The third-order valence-corrected chi connectivity index (χ3v) is 5.33. The van der Waals surface area contributed by atoms with Crippen LogP contribution >= 0.6 is 11.8 Å². The number of hydrogen-bond donors (Lipinski definition) is 0. The molecule has 0 spiro atoms. The van der Waals surface area contributed by atoms with Crippen LogP contribution in [0.5, 0.6) is 0 Å². The molecule has 0 saturated carbocycles. The van der Waals surface area contributed by atoms with Gasteiger partial charge in [-0.2, -0.15) is 0 Å². The minimum absolute atomic E-state index is 0.0781. The molecule has 0 heterocycles. The SMILES string of the molecule is CC(OC(=O)c1ccccc1SCC(=O)N(C)C)C(=O)N(C)Cc1cccc(F)c1.